The van der Waals surface area contributed by atoms with E-state index >= 15 is 0 Å². The highest BCUT2D eigenvalue weighted by atomic mass is 19.4. The van der Waals surface area contributed by atoms with E-state index in [1.54, 1.807) is 0 Å². The molecule has 2 rings (SSSR count). The predicted molar refractivity (Wildman–Crippen MR) is 67.6 cm³/mol. The maximum atomic E-state index is 12.7. The van der Waals surface area contributed by atoms with Crippen LogP contribution in [0.3, 0.4) is 0 Å². The first-order valence-corrected chi connectivity index (χ1v) is 5.70. The molecule has 0 atom stereocenters. The molecule has 0 bridgehead atoms. The van der Waals surface area contributed by atoms with Crippen molar-refractivity contribution in [3.05, 3.63) is 41.6 Å². The molecule has 0 amide bonds. The molecule has 0 fully saturated rings. The second-order valence-corrected chi connectivity index (χ2v) is 4.12. The molecule has 1 heterocycles. The number of methoxy groups -OCH3 is 1. The summed E-state index contributed by atoms with van der Waals surface area (Å²) in [5.74, 6) is 0.322. The quantitative estimate of drug-likeness (QED) is 0.940. The summed E-state index contributed by atoms with van der Waals surface area (Å²) in [6, 6.07) is 6.30. The van der Waals surface area contributed by atoms with Crippen molar-refractivity contribution in [3.63, 3.8) is 0 Å². The number of hydrogen-bond donors (Lipinski definition) is 1. The summed E-state index contributed by atoms with van der Waals surface area (Å²) in [7, 11) is 1.49. The number of alkyl halides is 3. The molecular weight excluding hydrogens is 271 g/mol. The van der Waals surface area contributed by atoms with Gasteiger partial charge in [0.2, 0.25) is 0 Å². The van der Waals surface area contributed by atoms with Crippen LogP contribution < -0.4 is 5.73 Å². The normalized spacial score (nSPS) is 11.6. The van der Waals surface area contributed by atoms with Crippen LogP contribution in [0.5, 0.6) is 0 Å². The third kappa shape index (κ3) is 3.24. The summed E-state index contributed by atoms with van der Waals surface area (Å²) in [4.78, 5) is 8.09. The maximum Gasteiger partial charge on any atom is 0.416 e. The number of rotatable bonds is 3. The van der Waals surface area contributed by atoms with Crippen molar-refractivity contribution in [2.45, 2.75) is 12.8 Å². The van der Waals surface area contributed by atoms with E-state index in [2.05, 4.69) is 9.97 Å². The van der Waals surface area contributed by atoms with E-state index in [1.165, 1.54) is 25.3 Å². The number of nitrogens with two attached hydrogens (primary N) is 1. The van der Waals surface area contributed by atoms with Gasteiger partial charge in [-0.1, -0.05) is 12.1 Å². The number of aromatic nitrogens is 2. The fourth-order valence-electron chi connectivity index (χ4n) is 1.70. The largest absolute Gasteiger partial charge is 0.416 e. The van der Waals surface area contributed by atoms with Gasteiger partial charge in [-0.25, -0.2) is 9.97 Å². The molecule has 20 heavy (non-hydrogen) atoms. The van der Waals surface area contributed by atoms with Gasteiger partial charge in [0.15, 0.2) is 5.82 Å². The first-order valence-electron chi connectivity index (χ1n) is 5.70. The average Bonchev–Trinajstić information content (AvgIpc) is 2.37. The van der Waals surface area contributed by atoms with Gasteiger partial charge >= 0.3 is 6.18 Å². The number of halogens is 3. The van der Waals surface area contributed by atoms with E-state index in [9.17, 15) is 13.2 Å². The lowest BCUT2D eigenvalue weighted by Crippen LogP contribution is -2.06. The van der Waals surface area contributed by atoms with E-state index in [4.69, 9.17) is 10.5 Å². The number of anilines is 1. The first-order chi connectivity index (χ1) is 9.40. The van der Waals surface area contributed by atoms with Crippen LogP contribution in [0.1, 0.15) is 11.3 Å². The van der Waals surface area contributed by atoms with Crippen LogP contribution in [-0.4, -0.2) is 17.1 Å². The molecule has 0 aliphatic heterocycles. The van der Waals surface area contributed by atoms with Gasteiger partial charge in [-0.05, 0) is 12.1 Å². The minimum Gasteiger partial charge on any atom is -0.384 e. The Labute approximate surface area is 113 Å². The molecule has 7 heteroatoms. The minimum absolute atomic E-state index is 0.142. The monoisotopic (exact) mass is 283 g/mol. The third-order valence-electron chi connectivity index (χ3n) is 2.54. The second-order valence-electron chi connectivity index (χ2n) is 4.12. The molecule has 0 aliphatic rings. The number of ether oxygens (including phenoxy) is 1. The third-order valence-corrected chi connectivity index (χ3v) is 2.54. The Morgan fingerprint density at radius 3 is 2.60 bits per heavy atom. The molecule has 4 nitrogen and oxygen atoms in total. The molecule has 106 valence electrons. The fourth-order valence-corrected chi connectivity index (χ4v) is 1.70. The van der Waals surface area contributed by atoms with Gasteiger partial charge in [-0.15, -0.1) is 0 Å². The molecule has 0 saturated heterocycles. The van der Waals surface area contributed by atoms with Crippen molar-refractivity contribution in [2.24, 2.45) is 0 Å². The average molecular weight is 283 g/mol. The molecule has 0 radical (unpaired) electrons. The molecular formula is C13H12F3N3O. The summed E-state index contributed by atoms with van der Waals surface area (Å²) in [6.45, 7) is 0.207. The van der Waals surface area contributed by atoms with Gasteiger partial charge in [0, 0.05) is 18.7 Å². The van der Waals surface area contributed by atoms with Crippen LogP contribution in [0, 0.1) is 0 Å². The van der Waals surface area contributed by atoms with E-state index in [-0.39, 0.29) is 23.8 Å². The van der Waals surface area contributed by atoms with E-state index in [0.29, 0.717) is 5.69 Å². The standard InChI is InChI=1S/C13H12F3N3O/c1-20-7-10-6-11(17)19-12(18-10)8-3-2-4-9(5-8)13(14,15)16/h2-6H,7H2,1H3,(H2,17,18,19). The van der Waals surface area contributed by atoms with E-state index in [1.807, 2.05) is 0 Å². The molecule has 0 aliphatic carbocycles. The van der Waals surface area contributed by atoms with Crippen molar-refractivity contribution in [3.8, 4) is 11.4 Å². The summed E-state index contributed by atoms with van der Waals surface area (Å²) in [5, 5.41) is 0. The second kappa shape index (κ2) is 5.46. The van der Waals surface area contributed by atoms with Crippen molar-refractivity contribution in [1.29, 1.82) is 0 Å². The van der Waals surface area contributed by atoms with Gasteiger partial charge in [0.25, 0.3) is 0 Å². The van der Waals surface area contributed by atoms with E-state index in [0.717, 1.165) is 12.1 Å². The minimum atomic E-state index is -4.41. The lowest BCUT2D eigenvalue weighted by atomic mass is 10.1. The molecule has 2 aromatic rings. The summed E-state index contributed by atoms with van der Waals surface area (Å²) < 4.78 is 43.0. The highest BCUT2D eigenvalue weighted by molar-refractivity contribution is 5.58. The zero-order valence-corrected chi connectivity index (χ0v) is 10.6. The Hall–Kier alpha value is -2.15. The van der Waals surface area contributed by atoms with Crippen LogP contribution in [0.15, 0.2) is 30.3 Å². The number of benzene rings is 1. The first kappa shape index (κ1) is 14.3. The number of nitrogens with zero attached hydrogens (tertiary/aromatic N) is 2. The number of hydrogen-bond acceptors (Lipinski definition) is 4. The summed E-state index contributed by atoms with van der Waals surface area (Å²) >= 11 is 0. The van der Waals surface area contributed by atoms with Crippen molar-refractivity contribution >= 4 is 5.82 Å². The molecule has 2 N–H and O–H groups in total. The smallest absolute Gasteiger partial charge is 0.384 e. The van der Waals surface area contributed by atoms with Crippen LogP contribution >= 0.6 is 0 Å². The molecule has 0 unspecified atom stereocenters. The zero-order valence-electron chi connectivity index (χ0n) is 10.6. The highest BCUT2D eigenvalue weighted by Gasteiger charge is 2.30. The Balaban J connectivity index is 2.46. The van der Waals surface area contributed by atoms with Gasteiger partial charge in [0.05, 0.1) is 17.9 Å². The van der Waals surface area contributed by atoms with Gasteiger partial charge < -0.3 is 10.5 Å². The summed E-state index contributed by atoms with van der Waals surface area (Å²) in [6.07, 6.45) is -4.41. The van der Waals surface area contributed by atoms with Gasteiger partial charge in [0.1, 0.15) is 5.82 Å². The Morgan fingerprint density at radius 2 is 1.95 bits per heavy atom. The van der Waals surface area contributed by atoms with E-state index < -0.39 is 11.7 Å². The molecule has 0 spiro atoms. The Bertz CT molecular complexity index is 614. The lowest BCUT2D eigenvalue weighted by molar-refractivity contribution is -0.137. The van der Waals surface area contributed by atoms with Crippen molar-refractivity contribution in [1.82, 2.24) is 9.97 Å². The van der Waals surface area contributed by atoms with Crippen LogP contribution in [-0.2, 0) is 17.5 Å². The maximum absolute atomic E-state index is 12.7. The Morgan fingerprint density at radius 1 is 1.20 bits per heavy atom. The highest BCUT2D eigenvalue weighted by Crippen LogP contribution is 2.31. The lowest BCUT2D eigenvalue weighted by Gasteiger charge is -2.09. The number of nitrogen functional groups attached to an aromatic ring is 1. The molecule has 0 saturated carbocycles. The Kier molecular flexibility index (Phi) is 3.89. The SMILES string of the molecule is COCc1cc(N)nc(-c2cccc(C(F)(F)F)c2)n1. The van der Waals surface area contributed by atoms with Crippen molar-refractivity contribution < 1.29 is 17.9 Å². The predicted octanol–water partition coefficient (Wildman–Crippen LogP) is 2.89. The van der Waals surface area contributed by atoms with Gasteiger partial charge in [-0.2, -0.15) is 13.2 Å². The zero-order chi connectivity index (χ0) is 14.8. The van der Waals surface area contributed by atoms with Crippen molar-refractivity contribution in [2.75, 3.05) is 12.8 Å². The molecule has 1 aromatic carbocycles. The summed E-state index contributed by atoms with van der Waals surface area (Å²) in [5.41, 5.74) is 5.63. The topological polar surface area (TPSA) is 61.0 Å². The fraction of sp³-hybridized carbons (Fsp3) is 0.231. The van der Waals surface area contributed by atoms with Crippen LogP contribution in [0.2, 0.25) is 0 Å². The van der Waals surface area contributed by atoms with Gasteiger partial charge in [-0.3, -0.25) is 0 Å². The molecule has 1 aromatic heterocycles. The van der Waals surface area contributed by atoms with Crippen LogP contribution in [0.4, 0.5) is 19.0 Å². The van der Waals surface area contributed by atoms with Crippen LogP contribution in [0.25, 0.3) is 11.4 Å².